The van der Waals surface area contributed by atoms with Gasteiger partial charge in [-0.2, -0.15) is 0 Å². The fourth-order valence-electron chi connectivity index (χ4n) is 4.42. The predicted molar refractivity (Wildman–Crippen MR) is 127 cm³/mol. The summed E-state index contributed by atoms with van der Waals surface area (Å²) < 4.78 is 5.31. The molecule has 170 valence electrons. The number of anilines is 1. The number of nitrogens with one attached hydrogen (secondary N) is 1. The first-order chi connectivity index (χ1) is 16.0. The molecular formula is C26H27N3O4. The molecule has 1 heterocycles. The number of methoxy groups -OCH3 is 1. The fourth-order valence-corrected chi connectivity index (χ4v) is 4.42. The summed E-state index contributed by atoms with van der Waals surface area (Å²) in [6.07, 6.45) is 0.444. The Labute approximate surface area is 192 Å². The summed E-state index contributed by atoms with van der Waals surface area (Å²) in [5.74, 6) is -0.0764. The van der Waals surface area contributed by atoms with Crippen LogP contribution >= 0.6 is 0 Å². The second-order valence-electron chi connectivity index (χ2n) is 7.98. The molecule has 1 N–H and O–H groups in total. The Bertz CT molecular complexity index is 1220. The molecule has 3 aromatic carbocycles. The molecular weight excluding hydrogens is 418 g/mol. The van der Waals surface area contributed by atoms with Crippen LogP contribution in [-0.2, 0) is 16.1 Å². The van der Waals surface area contributed by atoms with Gasteiger partial charge >= 0.3 is 0 Å². The van der Waals surface area contributed by atoms with Crippen LogP contribution in [0.1, 0.15) is 29.3 Å². The molecule has 7 nitrogen and oxygen atoms in total. The van der Waals surface area contributed by atoms with Crippen molar-refractivity contribution in [1.29, 1.82) is 0 Å². The van der Waals surface area contributed by atoms with E-state index in [1.54, 1.807) is 25.1 Å². The molecule has 4 rings (SSSR count). The van der Waals surface area contributed by atoms with Crippen molar-refractivity contribution in [3.8, 4) is 5.75 Å². The number of likely N-dealkylation sites (N-methyl/N-ethyl adjacent to an activating group) is 1. The van der Waals surface area contributed by atoms with Gasteiger partial charge in [-0.05, 0) is 41.6 Å². The van der Waals surface area contributed by atoms with Crippen LogP contribution in [0.2, 0.25) is 0 Å². The Balaban J connectivity index is 1.66. The minimum atomic E-state index is -0.662. The molecule has 0 unspecified atom stereocenters. The van der Waals surface area contributed by atoms with Gasteiger partial charge in [0.15, 0.2) is 0 Å². The molecule has 3 aromatic rings. The van der Waals surface area contributed by atoms with E-state index in [-0.39, 0.29) is 30.8 Å². The molecule has 1 aliphatic heterocycles. The van der Waals surface area contributed by atoms with Gasteiger partial charge in [-0.3, -0.25) is 19.3 Å². The van der Waals surface area contributed by atoms with Crippen molar-refractivity contribution < 1.29 is 19.1 Å². The topological polar surface area (TPSA) is 79.0 Å². The lowest BCUT2D eigenvalue weighted by Gasteiger charge is -2.32. The number of nitrogens with zero attached hydrogens (tertiary/aromatic N) is 2. The lowest BCUT2D eigenvalue weighted by Crippen LogP contribution is -2.51. The largest absolute Gasteiger partial charge is 0.497 e. The van der Waals surface area contributed by atoms with Crippen LogP contribution in [0.15, 0.2) is 60.7 Å². The zero-order chi connectivity index (χ0) is 23.5. The van der Waals surface area contributed by atoms with E-state index in [2.05, 4.69) is 5.32 Å². The lowest BCUT2D eigenvalue weighted by atomic mass is 10.1. The third kappa shape index (κ3) is 4.14. The molecule has 0 radical (unpaired) electrons. The average molecular weight is 446 g/mol. The molecule has 0 spiro atoms. The Morgan fingerprint density at radius 1 is 1.09 bits per heavy atom. The highest BCUT2D eigenvalue weighted by Gasteiger charge is 2.34. The van der Waals surface area contributed by atoms with Gasteiger partial charge in [0.05, 0.1) is 12.8 Å². The SMILES string of the molecule is CC[C@H](C(=O)NC)N(Cc1cccc(OC)c1)C(=O)CN1C(=O)c2cccc3cccc1c23. The summed E-state index contributed by atoms with van der Waals surface area (Å²) in [5.41, 5.74) is 2.15. The van der Waals surface area contributed by atoms with Crippen molar-refractivity contribution in [2.24, 2.45) is 0 Å². The van der Waals surface area contributed by atoms with E-state index < -0.39 is 6.04 Å². The molecule has 0 saturated heterocycles. The van der Waals surface area contributed by atoms with Gasteiger partial charge in [0.2, 0.25) is 11.8 Å². The molecule has 1 atom stereocenters. The van der Waals surface area contributed by atoms with Crippen molar-refractivity contribution in [3.05, 3.63) is 71.8 Å². The third-order valence-electron chi connectivity index (χ3n) is 6.06. The van der Waals surface area contributed by atoms with Gasteiger partial charge in [0, 0.05) is 24.5 Å². The van der Waals surface area contributed by atoms with Gasteiger partial charge < -0.3 is 15.0 Å². The fraction of sp³-hybridized carbons (Fsp3) is 0.269. The minimum Gasteiger partial charge on any atom is -0.497 e. The molecule has 1 aliphatic rings. The summed E-state index contributed by atoms with van der Waals surface area (Å²) in [7, 11) is 3.14. The lowest BCUT2D eigenvalue weighted by molar-refractivity contribution is -0.140. The second kappa shape index (κ2) is 9.32. The molecule has 3 amide bonds. The Kier molecular flexibility index (Phi) is 6.31. The molecule has 0 saturated carbocycles. The van der Waals surface area contributed by atoms with Gasteiger partial charge in [-0.15, -0.1) is 0 Å². The van der Waals surface area contributed by atoms with Crippen molar-refractivity contribution in [2.45, 2.75) is 25.9 Å². The van der Waals surface area contributed by atoms with Crippen LogP contribution in [-0.4, -0.2) is 49.4 Å². The number of amides is 3. The summed E-state index contributed by atoms with van der Waals surface area (Å²) in [4.78, 5) is 42.5. The molecule has 0 aliphatic carbocycles. The minimum absolute atomic E-state index is 0.149. The van der Waals surface area contributed by atoms with E-state index in [0.29, 0.717) is 17.7 Å². The number of benzene rings is 3. The van der Waals surface area contributed by atoms with Crippen molar-refractivity contribution in [2.75, 3.05) is 25.6 Å². The van der Waals surface area contributed by atoms with E-state index in [1.165, 1.54) is 4.90 Å². The summed E-state index contributed by atoms with van der Waals surface area (Å²) in [5, 5.41) is 4.47. The first-order valence-electron chi connectivity index (χ1n) is 11.0. The monoisotopic (exact) mass is 445 g/mol. The van der Waals surface area contributed by atoms with Crippen LogP contribution in [0.4, 0.5) is 5.69 Å². The van der Waals surface area contributed by atoms with E-state index in [4.69, 9.17) is 4.74 Å². The third-order valence-corrected chi connectivity index (χ3v) is 6.06. The zero-order valence-electron chi connectivity index (χ0n) is 19.0. The van der Waals surface area contributed by atoms with E-state index in [0.717, 1.165) is 22.0 Å². The maximum absolute atomic E-state index is 13.6. The van der Waals surface area contributed by atoms with Crippen LogP contribution in [0.25, 0.3) is 10.8 Å². The maximum Gasteiger partial charge on any atom is 0.259 e. The number of carbonyl (C=O) groups is 3. The number of ether oxygens (including phenoxy) is 1. The van der Waals surface area contributed by atoms with Crippen LogP contribution in [0.3, 0.4) is 0 Å². The van der Waals surface area contributed by atoms with Crippen molar-refractivity contribution >= 4 is 34.2 Å². The van der Waals surface area contributed by atoms with Crippen molar-refractivity contribution in [1.82, 2.24) is 10.2 Å². The maximum atomic E-state index is 13.6. The van der Waals surface area contributed by atoms with Crippen molar-refractivity contribution in [3.63, 3.8) is 0 Å². The van der Waals surface area contributed by atoms with Crippen LogP contribution in [0, 0.1) is 0 Å². The highest BCUT2D eigenvalue weighted by Crippen LogP contribution is 2.37. The van der Waals surface area contributed by atoms with Gasteiger partial charge in [0.1, 0.15) is 18.3 Å². The Hall–Kier alpha value is -3.87. The zero-order valence-corrected chi connectivity index (χ0v) is 19.0. The first-order valence-corrected chi connectivity index (χ1v) is 11.0. The summed E-state index contributed by atoms with van der Waals surface area (Å²) in [6.45, 7) is 1.94. The van der Waals surface area contributed by atoms with Gasteiger partial charge in [0.25, 0.3) is 5.91 Å². The summed E-state index contributed by atoms with van der Waals surface area (Å²) in [6, 6.07) is 18.0. The number of hydrogen-bond donors (Lipinski definition) is 1. The molecule has 0 bridgehead atoms. The summed E-state index contributed by atoms with van der Waals surface area (Å²) >= 11 is 0. The standard InChI is InChI=1S/C26H27N3O4/c1-4-21(25(31)27-2)28(15-17-8-5-11-19(14-17)33-3)23(30)16-29-22-13-7-10-18-9-6-12-20(24(18)22)26(29)32/h5-14,21H,4,15-16H2,1-3H3,(H,27,31)/t21-/m1/s1. The molecule has 0 fully saturated rings. The van der Waals surface area contributed by atoms with Crippen LogP contribution < -0.4 is 15.0 Å². The number of rotatable bonds is 8. The quantitative estimate of drug-likeness (QED) is 0.577. The highest BCUT2D eigenvalue weighted by atomic mass is 16.5. The molecule has 7 heteroatoms. The van der Waals surface area contributed by atoms with Crippen LogP contribution in [0.5, 0.6) is 5.75 Å². The van der Waals surface area contributed by atoms with E-state index in [1.807, 2.05) is 61.5 Å². The number of carbonyl (C=O) groups excluding carboxylic acids is 3. The van der Waals surface area contributed by atoms with E-state index >= 15 is 0 Å². The van der Waals surface area contributed by atoms with E-state index in [9.17, 15) is 14.4 Å². The highest BCUT2D eigenvalue weighted by molar-refractivity contribution is 6.26. The number of hydrogen-bond acceptors (Lipinski definition) is 4. The Morgan fingerprint density at radius 2 is 1.82 bits per heavy atom. The molecule has 33 heavy (non-hydrogen) atoms. The average Bonchev–Trinajstić information content (AvgIpc) is 3.11. The molecule has 0 aromatic heterocycles. The normalized spacial score (nSPS) is 13.2. The Morgan fingerprint density at radius 3 is 2.52 bits per heavy atom. The predicted octanol–water partition coefficient (Wildman–Crippen LogP) is 3.36. The second-order valence-corrected chi connectivity index (χ2v) is 7.98. The smallest absolute Gasteiger partial charge is 0.259 e. The first kappa shape index (κ1) is 22.3. The van der Waals surface area contributed by atoms with Gasteiger partial charge in [-0.1, -0.05) is 43.3 Å². The van der Waals surface area contributed by atoms with Gasteiger partial charge in [-0.25, -0.2) is 0 Å².